The predicted octanol–water partition coefficient (Wildman–Crippen LogP) is 4.76. The van der Waals surface area contributed by atoms with E-state index in [1.165, 1.54) is 11.3 Å². The summed E-state index contributed by atoms with van der Waals surface area (Å²) in [6, 6.07) is 7.58. The number of halogens is 1. The van der Waals surface area contributed by atoms with Gasteiger partial charge in [-0.1, -0.05) is 36.8 Å². The van der Waals surface area contributed by atoms with Gasteiger partial charge in [0, 0.05) is 22.4 Å². The lowest BCUT2D eigenvalue weighted by Gasteiger charge is -2.44. The molecule has 1 aliphatic rings. The lowest BCUT2D eigenvalue weighted by Crippen LogP contribution is -2.50. The van der Waals surface area contributed by atoms with Gasteiger partial charge in [-0.15, -0.1) is 5.10 Å². The molecule has 5 rings (SSSR count). The van der Waals surface area contributed by atoms with E-state index in [4.69, 9.17) is 25.8 Å². The molecule has 1 fully saturated rings. The summed E-state index contributed by atoms with van der Waals surface area (Å²) in [5, 5.41) is 12.3. The summed E-state index contributed by atoms with van der Waals surface area (Å²) in [4.78, 5) is 14.2. The highest BCUT2D eigenvalue weighted by Gasteiger charge is 2.46. The first-order chi connectivity index (χ1) is 16.0. The Bertz CT molecular complexity index is 1230. The predicted molar refractivity (Wildman–Crippen MR) is 128 cm³/mol. The molecule has 1 N–H and O–H groups in total. The van der Waals surface area contributed by atoms with Crippen LogP contribution in [-0.4, -0.2) is 45.0 Å². The van der Waals surface area contributed by atoms with Crippen molar-refractivity contribution >= 4 is 33.3 Å². The first-order valence-electron chi connectivity index (χ1n) is 11.1. The van der Waals surface area contributed by atoms with E-state index >= 15 is 0 Å². The van der Waals surface area contributed by atoms with Crippen molar-refractivity contribution in [2.45, 2.75) is 32.1 Å². The topological polar surface area (TPSA) is 98.8 Å². The number of rotatable bonds is 7. The highest BCUT2D eigenvalue weighted by Crippen LogP contribution is 2.44. The molecule has 8 nitrogen and oxygen atoms in total. The van der Waals surface area contributed by atoms with Crippen LogP contribution in [0.5, 0.6) is 5.19 Å². The molecular weight excluding hydrogens is 460 g/mol. The van der Waals surface area contributed by atoms with E-state index in [0.29, 0.717) is 28.8 Å². The van der Waals surface area contributed by atoms with Gasteiger partial charge in [0.05, 0.1) is 18.5 Å². The Morgan fingerprint density at radius 3 is 3.00 bits per heavy atom. The van der Waals surface area contributed by atoms with Crippen molar-refractivity contribution in [1.82, 2.24) is 30.6 Å². The first kappa shape index (κ1) is 22.2. The molecule has 0 bridgehead atoms. The Balaban J connectivity index is 1.34. The van der Waals surface area contributed by atoms with E-state index < -0.39 is 0 Å². The van der Waals surface area contributed by atoms with E-state index in [1.54, 1.807) is 18.5 Å². The molecule has 172 valence electrons. The molecule has 33 heavy (non-hydrogen) atoms. The maximum atomic E-state index is 6.14. The molecule has 1 aliphatic heterocycles. The summed E-state index contributed by atoms with van der Waals surface area (Å²) in [7, 11) is 0. The van der Waals surface area contributed by atoms with Crippen LogP contribution in [-0.2, 0) is 5.41 Å². The Morgan fingerprint density at radius 2 is 2.21 bits per heavy atom. The van der Waals surface area contributed by atoms with Gasteiger partial charge in [0.1, 0.15) is 15.5 Å². The van der Waals surface area contributed by atoms with Gasteiger partial charge in [-0.3, -0.25) is 0 Å². The number of hydrogen-bond donors (Lipinski definition) is 1. The zero-order valence-electron chi connectivity index (χ0n) is 18.5. The molecule has 4 aromatic rings. The highest BCUT2D eigenvalue weighted by atomic mass is 35.5. The van der Waals surface area contributed by atoms with Crippen molar-refractivity contribution in [3.05, 3.63) is 47.6 Å². The van der Waals surface area contributed by atoms with Crippen molar-refractivity contribution in [2.24, 2.45) is 11.8 Å². The van der Waals surface area contributed by atoms with Crippen LogP contribution in [0.3, 0.4) is 0 Å². The van der Waals surface area contributed by atoms with Crippen LogP contribution < -0.4 is 10.1 Å². The van der Waals surface area contributed by atoms with E-state index in [2.05, 4.69) is 39.5 Å². The van der Waals surface area contributed by atoms with Crippen molar-refractivity contribution in [1.29, 1.82) is 0 Å². The van der Waals surface area contributed by atoms with Gasteiger partial charge >= 0.3 is 0 Å². The molecule has 0 spiro atoms. The molecule has 5 heterocycles. The molecule has 10 heteroatoms. The zero-order chi connectivity index (χ0) is 22.8. The van der Waals surface area contributed by atoms with E-state index in [0.717, 1.165) is 53.3 Å². The fraction of sp³-hybridized carbons (Fsp3) is 0.435. The van der Waals surface area contributed by atoms with Crippen LogP contribution in [0.2, 0.25) is 5.15 Å². The average Bonchev–Trinajstić information content (AvgIpc) is 3.49. The summed E-state index contributed by atoms with van der Waals surface area (Å²) >= 11 is 7.48. The molecular formula is C23H25ClN6O2S. The van der Waals surface area contributed by atoms with Crippen LogP contribution in [0, 0.1) is 11.8 Å². The fourth-order valence-electron chi connectivity index (χ4n) is 4.85. The molecule has 2 atom stereocenters. The minimum absolute atomic E-state index is 0.161. The summed E-state index contributed by atoms with van der Waals surface area (Å²) in [6.45, 7) is 6.90. The molecule has 0 saturated carbocycles. The molecule has 0 amide bonds. The number of nitrogens with one attached hydrogen (secondary N) is 1. The Morgan fingerprint density at radius 1 is 1.30 bits per heavy atom. The number of piperidine rings is 1. The second-order valence-corrected chi connectivity index (χ2v) is 10.0. The minimum Gasteiger partial charge on any atom is -0.470 e. The van der Waals surface area contributed by atoms with Crippen molar-refractivity contribution in [2.75, 3.05) is 19.7 Å². The second kappa shape index (κ2) is 9.32. The van der Waals surface area contributed by atoms with Gasteiger partial charge in [0.25, 0.3) is 5.19 Å². The van der Waals surface area contributed by atoms with Crippen LogP contribution in [0.15, 0.2) is 41.2 Å². The third-order valence-electron chi connectivity index (χ3n) is 6.51. The van der Waals surface area contributed by atoms with Gasteiger partial charge in [-0.25, -0.2) is 15.0 Å². The normalized spacial score (nSPS) is 21.0. The SMILES string of the molecule is CC(C)C1CNCCC1(CCOc1nc2ccc(-c3ccnc(Cl)c3)nc2s1)c1cnno1. The Labute approximate surface area is 200 Å². The first-order valence-corrected chi connectivity index (χ1v) is 12.3. The lowest BCUT2D eigenvalue weighted by atomic mass is 9.63. The van der Waals surface area contributed by atoms with Gasteiger partial charge < -0.3 is 14.6 Å². The smallest absolute Gasteiger partial charge is 0.275 e. The summed E-state index contributed by atoms with van der Waals surface area (Å²) in [6.07, 6.45) is 5.19. The number of pyridine rings is 2. The largest absolute Gasteiger partial charge is 0.470 e. The lowest BCUT2D eigenvalue weighted by molar-refractivity contribution is 0.0902. The molecule has 4 aromatic heterocycles. The van der Waals surface area contributed by atoms with E-state index in [9.17, 15) is 0 Å². The quantitative estimate of drug-likeness (QED) is 0.375. The van der Waals surface area contributed by atoms with Crippen molar-refractivity contribution < 1.29 is 9.26 Å². The Hall–Kier alpha value is -2.62. The van der Waals surface area contributed by atoms with Crippen LogP contribution >= 0.6 is 22.9 Å². The zero-order valence-corrected chi connectivity index (χ0v) is 20.1. The van der Waals surface area contributed by atoms with E-state index in [-0.39, 0.29) is 5.41 Å². The minimum atomic E-state index is -0.161. The standard InChI is InChI=1S/C23H25ClN6O2S/c1-14(2)16-12-25-9-6-23(16,19-13-27-30-32-19)7-10-31-22-29-18-4-3-17(28-21(18)33-22)15-5-8-26-20(24)11-15/h3-5,8,11,13-14,16,25H,6-7,9-10,12H2,1-2H3. The maximum Gasteiger partial charge on any atom is 0.275 e. The number of nitrogens with zero attached hydrogens (tertiary/aromatic N) is 5. The van der Waals surface area contributed by atoms with Gasteiger partial charge in [-0.2, -0.15) is 0 Å². The average molecular weight is 485 g/mol. The van der Waals surface area contributed by atoms with Crippen LogP contribution in [0.1, 0.15) is 32.4 Å². The third-order valence-corrected chi connectivity index (χ3v) is 7.59. The van der Waals surface area contributed by atoms with Crippen LogP contribution in [0.4, 0.5) is 0 Å². The second-order valence-electron chi connectivity index (χ2n) is 8.71. The number of hydrogen-bond acceptors (Lipinski definition) is 9. The van der Waals surface area contributed by atoms with Gasteiger partial charge in [0.2, 0.25) is 0 Å². The Kier molecular flexibility index (Phi) is 6.27. The number of thiazole rings is 1. The number of ether oxygens (including phenoxy) is 1. The maximum absolute atomic E-state index is 6.14. The van der Waals surface area contributed by atoms with Crippen molar-refractivity contribution in [3.8, 4) is 16.5 Å². The van der Waals surface area contributed by atoms with Gasteiger partial charge in [0.15, 0.2) is 5.76 Å². The summed E-state index contributed by atoms with van der Waals surface area (Å²) < 4.78 is 11.7. The van der Waals surface area contributed by atoms with Gasteiger partial charge in [-0.05, 0) is 62.0 Å². The molecule has 2 unspecified atom stereocenters. The van der Waals surface area contributed by atoms with Crippen LogP contribution in [0.25, 0.3) is 21.6 Å². The molecule has 0 aliphatic carbocycles. The summed E-state index contributed by atoms with van der Waals surface area (Å²) in [5.74, 6) is 1.73. The van der Waals surface area contributed by atoms with Crippen molar-refractivity contribution in [3.63, 3.8) is 0 Å². The molecule has 0 aromatic carbocycles. The summed E-state index contributed by atoms with van der Waals surface area (Å²) in [5.41, 5.74) is 2.40. The highest BCUT2D eigenvalue weighted by molar-refractivity contribution is 7.19. The number of aromatic nitrogens is 5. The molecule has 1 saturated heterocycles. The monoisotopic (exact) mass is 484 g/mol. The van der Waals surface area contributed by atoms with E-state index in [1.807, 2.05) is 18.2 Å². The molecule has 0 radical (unpaired) electrons. The number of fused-ring (bicyclic) bond motifs is 1. The third kappa shape index (κ3) is 4.45. The fourth-order valence-corrected chi connectivity index (χ4v) is 5.84.